The standard InChI is InChI=1S/C21H27ClN2O5S2/c1-15-19(22)7-5-8-20(15)24(31(4,28)29)14-6-9-21(25)23-16(2)17-10-12-18(13-11-17)30(3,26)27/h5,7-8,10-13,16H,6,9,14H2,1-4H3,(H,23,25)/t16-/m1/s1. The number of carbonyl (C=O) groups is 1. The number of rotatable bonds is 9. The van der Waals surface area contributed by atoms with Crippen LogP contribution >= 0.6 is 11.6 Å². The van der Waals surface area contributed by atoms with Gasteiger partial charge in [0.05, 0.1) is 22.9 Å². The Balaban J connectivity index is 1.98. The maximum absolute atomic E-state index is 12.3. The molecule has 1 amide bonds. The lowest BCUT2D eigenvalue weighted by Gasteiger charge is -2.24. The summed E-state index contributed by atoms with van der Waals surface area (Å²) in [5.41, 5.74) is 1.92. The van der Waals surface area contributed by atoms with Crippen molar-refractivity contribution in [2.75, 3.05) is 23.4 Å². The van der Waals surface area contributed by atoms with Crippen LogP contribution in [-0.4, -0.2) is 41.8 Å². The molecule has 0 spiro atoms. The molecule has 1 atom stereocenters. The Kier molecular flexibility index (Phi) is 8.13. The van der Waals surface area contributed by atoms with Gasteiger partial charge in [0.25, 0.3) is 0 Å². The topological polar surface area (TPSA) is 101 Å². The second-order valence-electron chi connectivity index (χ2n) is 7.45. The van der Waals surface area contributed by atoms with Crippen LogP contribution in [-0.2, 0) is 24.7 Å². The molecule has 7 nitrogen and oxygen atoms in total. The SMILES string of the molecule is Cc1c(Cl)cccc1N(CCCC(=O)N[C@H](C)c1ccc(S(C)(=O)=O)cc1)S(C)(=O)=O. The molecule has 170 valence electrons. The van der Waals surface area contributed by atoms with Crippen LogP contribution in [0.2, 0.25) is 5.02 Å². The van der Waals surface area contributed by atoms with Gasteiger partial charge in [-0.25, -0.2) is 16.8 Å². The summed E-state index contributed by atoms with van der Waals surface area (Å²) in [5.74, 6) is -0.226. The molecule has 2 aromatic rings. The zero-order chi connectivity index (χ0) is 23.4. The third-order valence-corrected chi connectivity index (χ3v) is 7.58. The van der Waals surface area contributed by atoms with Crippen LogP contribution in [0.3, 0.4) is 0 Å². The molecule has 0 aromatic heterocycles. The number of carbonyl (C=O) groups excluding carboxylic acids is 1. The number of benzene rings is 2. The normalized spacial score (nSPS) is 12.9. The lowest BCUT2D eigenvalue weighted by molar-refractivity contribution is -0.121. The van der Waals surface area contributed by atoms with Crippen molar-refractivity contribution in [1.29, 1.82) is 0 Å². The molecule has 0 aliphatic rings. The number of halogens is 1. The summed E-state index contributed by atoms with van der Waals surface area (Å²) >= 11 is 6.12. The largest absolute Gasteiger partial charge is 0.350 e. The summed E-state index contributed by atoms with van der Waals surface area (Å²) in [7, 11) is -6.82. The molecular formula is C21H27ClN2O5S2. The number of nitrogens with one attached hydrogen (secondary N) is 1. The van der Waals surface area contributed by atoms with Crippen LogP contribution < -0.4 is 9.62 Å². The Bertz CT molecular complexity index is 1150. The minimum atomic E-state index is -3.54. The van der Waals surface area contributed by atoms with Crippen molar-refractivity contribution in [1.82, 2.24) is 5.32 Å². The molecule has 0 aliphatic heterocycles. The molecule has 0 radical (unpaired) electrons. The highest BCUT2D eigenvalue weighted by molar-refractivity contribution is 7.92. The number of anilines is 1. The molecule has 31 heavy (non-hydrogen) atoms. The van der Waals surface area contributed by atoms with Gasteiger partial charge in [0.1, 0.15) is 0 Å². The van der Waals surface area contributed by atoms with Gasteiger partial charge in [-0.2, -0.15) is 0 Å². The minimum Gasteiger partial charge on any atom is -0.350 e. The Labute approximate surface area is 189 Å². The minimum absolute atomic E-state index is 0.136. The second kappa shape index (κ2) is 10.0. The summed E-state index contributed by atoms with van der Waals surface area (Å²) < 4.78 is 48.9. The van der Waals surface area contributed by atoms with E-state index in [2.05, 4.69) is 5.32 Å². The van der Waals surface area contributed by atoms with Crippen LogP contribution in [0.4, 0.5) is 5.69 Å². The number of amides is 1. The van der Waals surface area contributed by atoms with E-state index in [1.165, 1.54) is 16.4 Å². The van der Waals surface area contributed by atoms with E-state index >= 15 is 0 Å². The summed E-state index contributed by atoms with van der Waals surface area (Å²) in [6, 6.07) is 11.1. The van der Waals surface area contributed by atoms with E-state index in [-0.39, 0.29) is 29.8 Å². The van der Waals surface area contributed by atoms with Crippen molar-refractivity contribution in [3.05, 3.63) is 58.6 Å². The molecule has 0 saturated heterocycles. The number of sulfone groups is 1. The molecule has 2 aromatic carbocycles. The lowest BCUT2D eigenvalue weighted by atomic mass is 10.1. The number of hydrogen-bond acceptors (Lipinski definition) is 5. The molecule has 0 bridgehead atoms. The van der Waals surface area contributed by atoms with Gasteiger partial charge in [0.2, 0.25) is 15.9 Å². The highest BCUT2D eigenvalue weighted by atomic mass is 35.5. The maximum atomic E-state index is 12.3. The molecule has 0 unspecified atom stereocenters. The number of sulfonamides is 1. The molecule has 1 N–H and O–H groups in total. The molecule has 10 heteroatoms. The monoisotopic (exact) mass is 486 g/mol. The second-order valence-corrected chi connectivity index (χ2v) is 11.8. The molecule has 0 fully saturated rings. The molecular weight excluding hydrogens is 460 g/mol. The van der Waals surface area contributed by atoms with E-state index in [1.807, 2.05) is 0 Å². The van der Waals surface area contributed by atoms with Gasteiger partial charge in [-0.15, -0.1) is 0 Å². The zero-order valence-electron chi connectivity index (χ0n) is 17.9. The van der Waals surface area contributed by atoms with Crippen LogP contribution in [0.1, 0.15) is 36.9 Å². The van der Waals surface area contributed by atoms with Crippen molar-refractivity contribution >= 4 is 43.1 Å². The summed E-state index contributed by atoms with van der Waals surface area (Å²) in [6.07, 6.45) is 2.72. The fourth-order valence-corrected chi connectivity index (χ4v) is 4.93. The molecule has 0 saturated carbocycles. The van der Waals surface area contributed by atoms with Crippen molar-refractivity contribution < 1.29 is 21.6 Å². The average Bonchev–Trinajstić information content (AvgIpc) is 2.66. The summed E-state index contributed by atoms with van der Waals surface area (Å²) in [5, 5.41) is 3.32. The smallest absolute Gasteiger partial charge is 0.232 e. The van der Waals surface area contributed by atoms with Crippen molar-refractivity contribution in [2.45, 2.75) is 37.6 Å². The Morgan fingerprint density at radius 2 is 1.68 bits per heavy atom. The number of hydrogen-bond donors (Lipinski definition) is 1. The van der Waals surface area contributed by atoms with Crippen LogP contribution in [0.15, 0.2) is 47.4 Å². The van der Waals surface area contributed by atoms with E-state index in [9.17, 15) is 21.6 Å². The Morgan fingerprint density at radius 1 is 1.06 bits per heavy atom. The first-order chi connectivity index (χ1) is 14.3. The third-order valence-electron chi connectivity index (χ3n) is 4.86. The average molecular weight is 487 g/mol. The zero-order valence-corrected chi connectivity index (χ0v) is 20.3. The summed E-state index contributed by atoms with van der Waals surface area (Å²) in [4.78, 5) is 12.6. The van der Waals surface area contributed by atoms with Crippen molar-refractivity contribution in [2.24, 2.45) is 0 Å². The van der Waals surface area contributed by atoms with Crippen molar-refractivity contribution in [3.8, 4) is 0 Å². The van der Waals surface area contributed by atoms with Gasteiger partial charge in [0, 0.05) is 24.2 Å². The fourth-order valence-electron chi connectivity index (χ4n) is 3.12. The quantitative estimate of drug-likeness (QED) is 0.584. The van der Waals surface area contributed by atoms with Crippen LogP contribution in [0, 0.1) is 6.92 Å². The first kappa shape index (κ1) is 25.2. The number of nitrogens with zero attached hydrogens (tertiary/aromatic N) is 1. The molecule has 0 heterocycles. The van der Waals surface area contributed by atoms with Crippen LogP contribution in [0.25, 0.3) is 0 Å². The molecule has 0 aliphatic carbocycles. The highest BCUT2D eigenvalue weighted by Gasteiger charge is 2.20. The van der Waals surface area contributed by atoms with E-state index in [4.69, 9.17) is 11.6 Å². The van der Waals surface area contributed by atoms with Gasteiger partial charge in [-0.1, -0.05) is 29.8 Å². The van der Waals surface area contributed by atoms with Gasteiger partial charge in [-0.05, 0) is 55.7 Å². The highest BCUT2D eigenvalue weighted by Crippen LogP contribution is 2.28. The fraction of sp³-hybridized carbons (Fsp3) is 0.381. The maximum Gasteiger partial charge on any atom is 0.232 e. The van der Waals surface area contributed by atoms with E-state index < -0.39 is 19.9 Å². The Morgan fingerprint density at radius 3 is 2.23 bits per heavy atom. The van der Waals surface area contributed by atoms with Gasteiger partial charge >= 0.3 is 0 Å². The molecule has 2 rings (SSSR count). The van der Waals surface area contributed by atoms with E-state index in [1.54, 1.807) is 44.2 Å². The van der Waals surface area contributed by atoms with Gasteiger partial charge in [0.15, 0.2) is 9.84 Å². The van der Waals surface area contributed by atoms with Gasteiger partial charge < -0.3 is 5.32 Å². The Hall–Kier alpha value is -2.10. The first-order valence-electron chi connectivity index (χ1n) is 9.63. The van der Waals surface area contributed by atoms with Gasteiger partial charge in [-0.3, -0.25) is 9.10 Å². The third kappa shape index (κ3) is 6.95. The van der Waals surface area contributed by atoms with Crippen LogP contribution in [0.5, 0.6) is 0 Å². The lowest BCUT2D eigenvalue weighted by Crippen LogP contribution is -2.33. The van der Waals surface area contributed by atoms with E-state index in [0.717, 1.165) is 18.1 Å². The van der Waals surface area contributed by atoms with Crippen molar-refractivity contribution in [3.63, 3.8) is 0 Å². The first-order valence-corrected chi connectivity index (χ1v) is 13.7. The van der Waals surface area contributed by atoms with E-state index in [0.29, 0.717) is 22.7 Å². The predicted molar refractivity (Wildman–Crippen MR) is 124 cm³/mol. The predicted octanol–water partition coefficient (Wildman–Crippen LogP) is 3.48. The summed E-state index contributed by atoms with van der Waals surface area (Å²) in [6.45, 7) is 3.69.